The molecule has 9 nitrogen and oxygen atoms in total. The minimum atomic E-state index is -0.681. The first-order valence-electron chi connectivity index (χ1n) is 10.2. The molecular formula is C20H26N6O3S. The van der Waals surface area contributed by atoms with Crippen LogP contribution in [-0.4, -0.2) is 65.9 Å². The highest BCUT2D eigenvalue weighted by Gasteiger charge is 2.26. The molecule has 0 radical (unpaired) electrons. The van der Waals surface area contributed by atoms with Gasteiger partial charge in [-0.05, 0) is 31.9 Å². The van der Waals surface area contributed by atoms with Crippen LogP contribution in [0.15, 0.2) is 30.3 Å². The second-order valence-electron chi connectivity index (χ2n) is 7.42. The lowest BCUT2D eigenvalue weighted by molar-refractivity contribution is -0.117. The number of nitrogens with zero attached hydrogens (tertiary/aromatic N) is 4. The van der Waals surface area contributed by atoms with Crippen molar-refractivity contribution in [3.63, 3.8) is 0 Å². The standard InChI is InChI=1S/C20H26N6O3S/c1-14(17(27)22-19-24-23-18(30-19)16-8-5-13-29-16)21-20(28)26-11-9-25(10-12-26)15-6-3-2-4-7-15/h2-4,6-7,14,16H,5,8-13H2,1H3,(H,21,28)(H,22,24,27)/t14-,16-/m0/s1. The van der Waals surface area contributed by atoms with Crippen molar-refractivity contribution < 1.29 is 14.3 Å². The highest BCUT2D eigenvalue weighted by atomic mass is 32.1. The number of anilines is 2. The molecule has 2 N–H and O–H groups in total. The van der Waals surface area contributed by atoms with Gasteiger partial charge in [0.25, 0.3) is 0 Å². The number of nitrogens with one attached hydrogen (secondary N) is 2. The summed E-state index contributed by atoms with van der Waals surface area (Å²) < 4.78 is 5.59. The molecule has 0 bridgehead atoms. The van der Waals surface area contributed by atoms with Crippen LogP contribution in [0.3, 0.4) is 0 Å². The van der Waals surface area contributed by atoms with Gasteiger partial charge in [0.2, 0.25) is 11.0 Å². The molecule has 0 spiro atoms. The van der Waals surface area contributed by atoms with Crippen molar-refractivity contribution in [3.8, 4) is 0 Å². The lowest BCUT2D eigenvalue weighted by atomic mass is 10.2. The maximum Gasteiger partial charge on any atom is 0.318 e. The minimum Gasteiger partial charge on any atom is -0.371 e. The first-order chi connectivity index (χ1) is 14.6. The zero-order valence-corrected chi connectivity index (χ0v) is 17.7. The zero-order valence-electron chi connectivity index (χ0n) is 16.9. The van der Waals surface area contributed by atoms with Crippen LogP contribution in [0.1, 0.15) is 30.9 Å². The van der Waals surface area contributed by atoms with E-state index in [0.717, 1.165) is 43.2 Å². The molecule has 3 heterocycles. The van der Waals surface area contributed by atoms with Crippen LogP contribution in [-0.2, 0) is 9.53 Å². The Morgan fingerprint density at radius 2 is 1.93 bits per heavy atom. The summed E-state index contributed by atoms with van der Waals surface area (Å²) >= 11 is 1.31. The van der Waals surface area contributed by atoms with E-state index < -0.39 is 6.04 Å². The number of aromatic nitrogens is 2. The molecule has 10 heteroatoms. The topological polar surface area (TPSA) is 99.7 Å². The van der Waals surface area contributed by atoms with Crippen LogP contribution in [0.5, 0.6) is 0 Å². The lowest BCUT2D eigenvalue weighted by Gasteiger charge is -2.36. The molecule has 1 aromatic carbocycles. The number of carbonyl (C=O) groups excluding carboxylic acids is 2. The number of hydrogen-bond donors (Lipinski definition) is 2. The molecule has 3 amide bonds. The fourth-order valence-corrected chi connectivity index (χ4v) is 4.38. The molecule has 2 aliphatic rings. The first kappa shape index (κ1) is 20.5. The van der Waals surface area contributed by atoms with E-state index in [1.165, 1.54) is 11.3 Å². The van der Waals surface area contributed by atoms with Gasteiger partial charge >= 0.3 is 6.03 Å². The average molecular weight is 431 g/mol. The number of ether oxygens (including phenoxy) is 1. The Bertz CT molecular complexity index is 862. The van der Waals surface area contributed by atoms with E-state index in [0.29, 0.717) is 18.2 Å². The van der Waals surface area contributed by atoms with Crippen LogP contribution in [0, 0.1) is 0 Å². The van der Waals surface area contributed by atoms with Crippen molar-refractivity contribution in [3.05, 3.63) is 35.3 Å². The summed E-state index contributed by atoms with van der Waals surface area (Å²) in [4.78, 5) is 29.0. The maximum absolute atomic E-state index is 12.6. The fourth-order valence-electron chi connectivity index (χ4n) is 3.55. The fraction of sp³-hybridized carbons (Fsp3) is 0.500. The summed E-state index contributed by atoms with van der Waals surface area (Å²) in [6, 6.07) is 9.24. The molecular weight excluding hydrogens is 404 g/mol. The number of amides is 3. The second kappa shape index (κ2) is 9.40. The van der Waals surface area contributed by atoms with E-state index in [1.807, 2.05) is 18.2 Å². The molecule has 160 valence electrons. The smallest absolute Gasteiger partial charge is 0.318 e. The molecule has 2 aromatic rings. The molecule has 0 saturated carbocycles. The third-order valence-corrected chi connectivity index (χ3v) is 6.23. The molecule has 30 heavy (non-hydrogen) atoms. The Morgan fingerprint density at radius 3 is 2.63 bits per heavy atom. The number of urea groups is 1. The minimum absolute atomic E-state index is 0.0279. The zero-order chi connectivity index (χ0) is 20.9. The highest BCUT2D eigenvalue weighted by Crippen LogP contribution is 2.31. The van der Waals surface area contributed by atoms with Gasteiger partial charge in [0, 0.05) is 38.5 Å². The monoisotopic (exact) mass is 430 g/mol. The molecule has 1 aromatic heterocycles. The predicted octanol–water partition coefficient (Wildman–Crippen LogP) is 2.25. The third kappa shape index (κ3) is 4.88. The summed E-state index contributed by atoms with van der Waals surface area (Å²) in [6.07, 6.45) is 1.90. The Labute approximate surface area is 179 Å². The first-order valence-corrected chi connectivity index (χ1v) is 11.0. The van der Waals surface area contributed by atoms with Crippen LogP contribution in [0.2, 0.25) is 0 Å². The van der Waals surface area contributed by atoms with Crippen molar-refractivity contribution in [2.24, 2.45) is 0 Å². The largest absolute Gasteiger partial charge is 0.371 e. The van der Waals surface area contributed by atoms with Crippen LogP contribution < -0.4 is 15.5 Å². The van der Waals surface area contributed by atoms with Gasteiger partial charge in [0.15, 0.2) is 0 Å². The summed E-state index contributed by atoms with van der Waals surface area (Å²) in [5, 5.41) is 14.8. The Kier molecular flexibility index (Phi) is 6.44. The number of benzene rings is 1. The quantitative estimate of drug-likeness (QED) is 0.755. The molecule has 2 atom stereocenters. The molecule has 2 saturated heterocycles. The highest BCUT2D eigenvalue weighted by molar-refractivity contribution is 7.15. The van der Waals surface area contributed by atoms with Gasteiger partial charge in [-0.3, -0.25) is 10.1 Å². The number of piperazine rings is 1. The van der Waals surface area contributed by atoms with Crippen molar-refractivity contribution in [1.29, 1.82) is 0 Å². The van der Waals surface area contributed by atoms with Crippen LogP contribution in [0.25, 0.3) is 0 Å². The predicted molar refractivity (Wildman–Crippen MR) is 115 cm³/mol. The van der Waals surface area contributed by atoms with Crippen LogP contribution in [0.4, 0.5) is 15.6 Å². The number of para-hydroxylation sites is 1. The van der Waals surface area contributed by atoms with Gasteiger partial charge in [-0.1, -0.05) is 29.5 Å². The maximum atomic E-state index is 12.6. The SMILES string of the molecule is C[C@H](NC(=O)N1CCN(c2ccccc2)CC1)C(=O)Nc1nnc([C@@H]2CCCO2)s1. The molecule has 4 rings (SSSR count). The van der Waals surface area contributed by atoms with Gasteiger partial charge in [-0.15, -0.1) is 10.2 Å². The lowest BCUT2D eigenvalue weighted by Crippen LogP contribution is -2.54. The van der Waals surface area contributed by atoms with Crippen molar-refractivity contribution in [2.75, 3.05) is 43.0 Å². The number of carbonyl (C=O) groups is 2. The van der Waals surface area contributed by atoms with Crippen molar-refractivity contribution in [1.82, 2.24) is 20.4 Å². The Morgan fingerprint density at radius 1 is 1.17 bits per heavy atom. The molecule has 2 aliphatic heterocycles. The van der Waals surface area contributed by atoms with Gasteiger partial charge in [0.05, 0.1) is 0 Å². The molecule has 0 unspecified atom stereocenters. The van der Waals surface area contributed by atoms with Crippen LogP contribution >= 0.6 is 11.3 Å². The van der Waals surface area contributed by atoms with Gasteiger partial charge < -0.3 is 19.9 Å². The Balaban J connectivity index is 1.24. The summed E-state index contributed by atoms with van der Waals surface area (Å²) in [5.74, 6) is -0.318. The molecule has 0 aliphatic carbocycles. The summed E-state index contributed by atoms with van der Waals surface area (Å²) in [7, 11) is 0. The van der Waals surface area contributed by atoms with Crippen molar-refractivity contribution in [2.45, 2.75) is 31.9 Å². The van der Waals surface area contributed by atoms with E-state index in [9.17, 15) is 9.59 Å². The van der Waals surface area contributed by atoms with E-state index >= 15 is 0 Å². The molecule has 2 fully saturated rings. The van der Waals surface area contributed by atoms with Gasteiger partial charge in [-0.25, -0.2) is 4.79 Å². The number of hydrogen-bond acceptors (Lipinski definition) is 7. The summed E-state index contributed by atoms with van der Waals surface area (Å²) in [5.41, 5.74) is 1.16. The number of rotatable bonds is 5. The van der Waals surface area contributed by atoms with Gasteiger partial charge in [-0.2, -0.15) is 0 Å². The normalized spacial score (nSPS) is 20.1. The van der Waals surface area contributed by atoms with E-state index in [2.05, 4.69) is 37.9 Å². The summed E-state index contributed by atoms with van der Waals surface area (Å²) in [6.45, 7) is 5.13. The van der Waals surface area contributed by atoms with E-state index in [4.69, 9.17) is 4.74 Å². The average Bonchev–Trinajstić information content (AvgIpc) is 3.46. The van der Waals surface area contributed by atoms with Crippen molar-refractivity contribution >= 4 is 34.1 Å². The van der Waals surface area contributed by atoms with Gasteiger partial charge in [0.1, 0.15) is 17.2 Å². The van der Waals surface area contributed by atoms with E-state index in [-0.39, 0.29) is 18.0 Å². The second-order valence-corrected chi connectivity index (χ2v) is 8.43. The Hall–Kier alpha value is -2.72. The van der Waals surface area contributed by atoms with E-state index in [1.54, 1.807) is 11.8 Å². The third-order valence-electron chi connectivity index (χ3n) is 5.30.